The van der Waals surface area contributed by atoms with Crippen LogP contribution >= 0.6 is 22.0 Å². The molecule has 0 aliphatic carbocycles. The van der Waals surface area contributed by atoms with E-state index in [1.165, 1.54) is 5.56 Å². The normalized spacial score (nSPS) is 21.1. The summed E-state index contributed by atoms with van der Waals surface area (Å²) in [7, 11) is 1.64. The molecular formula is C10H12ClNO3S2. The van der Waals surface area contributed by atoms with E-state index in [0.717, 1.165) is 6.42 Å². The lowest BCUT2D eigenvalue weighted by molar-refractivity contribution is -0.127. The highest BCUT2D eigenvalue weighted by Gasteiger charge is 2.36. The van der Waals surface area contributed by atoms with Gasteiger partial charge in [0.05, 0.1) is 0 Å². The number of nitrogens with zero attached hydrogens (tertiary/aromatic N) is 1. The Balaban J connectivity index is 1.93. The number of halogens is 1. The van der Waals surface area contributed by atoms with Crippen LogP contribution in [0.4, 0.5) is 0 Å². The zero-order valence-electron chi connectivity index (χ0n) is 9.00. The summed E-state index contributed by atoms with van der Waals surface area (Å²) in [5, 5.41) is 3.25. The summed E-state index contributed by atoms with van der Waals surface area (Å²) in [5.41, 5.74) is 1.17. The van der Waals surface area contributed by atoms with Gasteiger partial charge in [-0.2, -0.15) is 11.3 Å². The number of likely N-dealkylation sites (tertiary alicyclic amines) is 1. The highest BCUT2D eigenvalue weighted by atomic mass is 35.7. The quantitative estimate of drug-likeness (QED) is 0.790. The van der Waals surface area contributed by atoms with Gasteiger partial charge in [-0.3, -0.25) is 4.79 Å². The van der Waals surface area contributed by atoms with Crippen LogP contribution in [-0.2, 0) is 20.3 Å². The molecule has 0 spiro atoms. The van der Waals surface area contributed by atoms with E-state index in [-0.39, 0.29) is 18.9 Å². The molecule has 1 atom stereocenters. The lowest BCUT2D eigenvalue weighted by atomic mass is 10.2. The van der Waals surface area contributed by atoms with Crippen molar-refractivity contribution in [3.05, 3.63) is 22.4 Å². The van der Waals surface area contributed by atoms with Crippen LogP contribution in [0, 0.1) is 0 Å². The second-order valence-electron chi connectivity index (χ2n) is 4.02. The Morgan fingerprint density at radius 1 is 1.53 bits per heavy atom. The van der Waals surface area contributed by atoms with Gasteiger partial charge in [-0.15, -0.1) is 0 Å². The van der Waals surface area contributed by atoms with Crippen molar-refractivity contribution >= 4 is 37.0 Å². The first-order chi connectivity index (χ1) is 7.97. The van der Waals surface area contributed by atoms with Gasteiger partial charge in [0.25, 0.3) is 0 Å². The predicted octanol–water partition coefficient (Wildman–Crippen LogP) is 1.46. The average Bonchev–Trinajstić information content (AvgIpc) is 2.83. The van der Waals surface area contributed by atoms with Gasteiger partial charge >= 0.3 is 0 Å². The monoisotopic (exact) mass is 293 g/mol. The predicted molar refractivity (Wildman–Crippen MR) is 67.8 cm³/mol. The van der Waals surface area contributed by atoms with Gasteiger partial charge in [0.2, 0.25) is 15.0 Å². The van der Waals surface area contributed by atoms with Crippen molar-refractivity contribution in [1.29, 1.82) is 0 Å². The van der Waals surface area contributed by atoms with E-state index in [2.05, 4.69) is 0 Å². The maximum absolute atomic E-state index is 11.6. The van der Waals surface area contributed by atoms with Gasteiger partial charge in [-0.1, -0.05) is 0 Å². The van der Waals surface area contributed by atoms with E-state index < -0.39 is 14.3 Å². The first-order valence-corrected chi connectivity index (χ1v) is 8.50. The van der Waals surface area contributed by atoms with Gasteiger partial charge in [0.15, 0.2) is 0 Å². The van der Waals surface area contributed by atoms with Crippen LogP contribution in [0.5, 0.6) is 0 Å². The number of carbonyl (C=O) groups excluding carboxylic acids is 1. The van der Waals surface area contributed by atoms with Crippen LogP contribution < -0.4 is 0 Å². The van der Waals surface area contributed by atoms with Crippen LogP contribution in [0.3, 0.4) is 0 Å². The van der Waals surface area contributed by atoms with Crippen LogP contribution in [0.2, 0.25) is 0 Å². The Morgan fingerprint density at radius 3 is 2.82 bits per heavy atom. The highest BCUT2D eigenvalue weighted by Crippen LogP contribution is 2.21. The van der Waals surface area contributed by atoms with Crippen molar-refractivity contribution < 1.29 is 13.2 Å². The molecule has 2 heterocycles. The highest BCUT2D eigenvalue weighted by molar-refractivity contribution is 8.14. The van der Waals surface area contributed by atoms with Crippen LogP contribution in [0.1, 0.15) is 12.0 Å². The Hall–Kier alpha value is -0.590. The van der Waals surface area contributed by atoms with Crippen molar-refractivity contribution in [3.8, 4) is 0 Å². The Labute approximate surface area is 109 Å². The van der Waals surface area contributed by atoms with E-state index in [4.69, 9.17) is 10.7 Å². The summed E-state index contributed by atoms with van der Waals surface area (Å²) in [5.74, 6) is -0.130. The molecule has 1 aromatic heterocycles. The molecule has 1 aliphatic heterocycles. The van der Waals surface area contributed by atoms with E-state index in [1.54, 1.807) is 16.2 Å². The van der Waals surface area contributed by atoms with Crippen molar-refractivity contribution in [1.82, 2.24) is 4.90 Å². The minimum atomic E-state index is -3.63. The molecule has 1 amide bonds. The third-order valence-electron chi connectivity index (χ3n) is 2.83. The molecule has 7 heteroatoms. The lowest BCUT2D eigenvalue weighted by Gasteiger charge is -2.15. The van der Waals surface area contributed by atoms with E-state index in [0.29, 0.717) is 6.54 Å². The van der Waals surface area contributed by atoms with Crippen LogP contribution in [0.25, 0.3) is 0 Å². The molecule has 1 aliphatic rings. The fraction of sp³-hybridized carbons (Fsp3) is 0.500. The summed E-state index contributed by atoms with van der Waals surface area (Å²) >= 11 is 1.61. The third-order valence-corrected chi connectivity index (χ3v) is 5.43. The van der Waals surface area contributed by atoms with Gasteiger partial charge in [0.1, 0.15) is 5.25 Å². The molecular weight excluding hydrogens is 282 g/mol. The Morgan fingerprint density at radius 2 is 2.29 bits per heavy atom. The second kappa shape index (κ2) is 4.96. The van der Waals surface area contributed by atoms with E-state index >= 15 is 0 Å². The molecule has 0 radical (unpaired) electrons. The Kier molecular flexibility index (Phi) is 3.75. The SMILES string of the molecule is O=C1CC(S(=O)(=O)Cl)CN1CCc1ccsc1. The first-order valence-electron chi connectivity index (χ1n) is 5.19. The van der Waals surface area contributed by atoms with Gasteiger partial charge in [0, 0.05) is 30.2 Å². The van der Waals surface area contributed by atoms with Gasteiger partial charge in [-0.25, -0.2) is 8.42 Å². The van der Waals surface area contributed by atoms with E-state index in [9.17, 15) is 13.2 Å². The summed E-state index contributed by atoms with van der Waals surface area (Å²) in [6.07, 6.45) is 0.764. The number of hydrogen-bond acceptors (Lipinski definition) is 4. The summed E-state index contributed by atoms with van der Waals surface area (Å²) < 4.78 is 22.3. The molecule has 0 saturated carbocycles. The standard InChI is InChI=1S/C10H12ClNO3S2/c11-17(14,15)9-5-10(13)12(6-9)3-1-8-2-4-16-7-8/h2,4,7,9H,1,3,5-6H2. The Bertz CT molecular complexity index is 498. The number of hydrogen-bond donors (Lipinski definition) is 0. The number of rotatable bonds is 4. The van der Waals surface area contributed by atoms with Crippen molar-refractivity contribution in [2.75, 3.05) is 13.1 Å². The molecule has 17 heavy (non-hydrogen) atoms. The van der Waals surface area contributed by atoms with Gasteiger partial charge < -0.3 is 4.90 Å². The molecule has 1 unspecified atom stereocenters. The minimum absolute atomic E-state index is 0.00940. The molecule has 0 aromatic carbocycles. The van der Waals surface area contributed by atoms with Gasteiger partial charge in [-0.05, 0) is 28.8 Å². The fourth-order valence-corrected chi connectivity index (χ4v) is 3.60. The zero-order valence-corrected chi connectivity index (χ0v) is 11.4. The van der Waals surface area contributed by atoms with Crippen molar-refractivity contribution in [2.24, 2.45) is 0 Å². The largest absolute Gasteiger partial charge is 0.341 e. The molecule has 2 rings (SSSR count). The number of carbonyl (C=O) groups is 1. The number of amides is 1. The molecule has 0 bridgehead atoms. The lowest BCUT2D eigenvalue weighted by Crippen LogP contribution is -2.29. The number of thiophene rings is 1. The molecule has 1 fully saturated rings. The topological polar surface area (TPSA) is 54.5 Å². The van der Waals surface area contributed by atoms with Crippen LogP contribution in [0.15, 0.2) is 16.8 Å². The van der Waals surface area contributed by atoms with E-state index in [1.807, 2.05) is 16.8 Å². The maximum atomic E-state index is 11.6. The molecule has 0 N–H and O–H groups in total. The third kappa shape index (κ3) is 3.20. The molecule has 4 nitrogen and oxygen atoms in total. The minimum Gasteiger partial charge on any atom is -0.341 e. The second-order valence-corrected chi connectivity index (χ2v) is 7.71. The summed E-state index contributed by atoms with van der Waals surface area (Å²) in [4.78, 5) is 13.2. The summed E-state index contributed by atoms with van der Waals surface area (Å²) in [6, 6.07) is 2.00. The summed E-state index contributed by atoms with van der Waals surface area (Å²) in [6.45, 7) is 0.771. The first kappa shape index (κ1) is 12.9. The molecule has 1 aromatic rings. The molecule has 1 saturated heterocycles. The molecule has 94 valence electrons. The maximum Gasteiger partial charge on any atom is 0.237 e. The zero-order chi connectivity index (χ0) is 12.5. The van der Waals surface area contributed by atoms with Crippen LogP contribution in [-0.4, -0.2) is 37.6 Å². The average molecular weight is 294 g/mol. The van der Waals surface area contributed by atoms with Crippen molar-refractivity contribution in [3.63, 3.8) is 0 Å². The smallest absolute Gasteiger partial charge is 0.237 e. The fourth-order valence-electron chi connectivity index (χ4n) is 1.84. The van der Waals surface area contributed by atoms with Crippen molar-refractivity contribution in [2.45, 2.75) is 18.1 Å².